The van der Waals surface area contributed by atoms with Gasteiger partial charge in [0.25, 0.3) is 0 Å². The fraction of sp³-hybridized carbons (Fsp3) is 0.391. The first-order valence-corrected chi connectivity index (χ1v) is 11.0. The number of hydrogen-bond acceptors (Lipinski definition) is 4. The minimum atomic E-state index is -4.34. The van der Waals surface area contributed by atoms with Crippen LogP contribution in [0.3, 0.4) is 0 Å². The molecule has 0 amide bonds. The monoisotopic (exact) mass is 498 g/mol. The largest absolute Gasteiger partial charge is 0.490 e. The van der Waals surface area contributed by atoms with Crippen molar-refractivity contribution in [2.45, 2.75) is 57.0 Å². The predicted molar refractivity (Wildman–Crippen MR) is 121 cm³/mol. The van der Waals surface area contributed by atoms with Gasteiger partial charge in [-0.25, -0.2) is 0 Å². The van der Waals surface area contributed by atoms with Crippen LogP contribution in [0, 0.1) is 0 Å². The molecule has 2 aromatic carbocycles. The maximum absolute atomic E-state index is 12.7. The molecule has 0 atom stereocenters. The van der Waals surface area contributed by atoms with Crippen molar-refractivity contribution in [2.24, 2.45) is 0 Å². The first-order valence-electron chi connectivity index (χ1n) is 10.7. The second kappa shape index (κ2) is 9.52. The Morgan fingerprint density at radius 3 is 2.39 bits per heavy atom. The van der Waals surface area contributed by atoms with Gasteiger partial charge in [0, 0.05) is 17.5 Å². The molecular weight excluding hydrogens is 476 g/mol. The Hall–Kier alpha value is -2.29. The third kappa shape index (κ3) is 4.98. The standard InChI is InChI=1S/C23H22ClF3N4O.ClH/c24-17-5-10-20-15(11-17)12-28-13-21-29-30-22(31(20)21)14-1-6-18(7-2-14)32-19-8-3-16(4-9-19)23(25,26)27;/h3-5,8-11,14,18,28H,1-2,6-7,12-13H2;1H. The third-order valence-electron chi connectivity index (χ3n) is 6.16. The van der Waals surface area contributed by atoms with E-state index in [1.165, 1.54) is 12.1 Å². The van der Waals surface area contributed by atoms with Crippen LogP contribution in [-0.4, -0.2) is 20.9 Å². The summed E-state index contributed by atoms with van der Waals surface area (Å²) in [5, 5.41) is 13.0. The number of halogens is 5. The minimum Gasteiger partial charge on any atom is -0.490 e. The SMILES string of the molecule is Cl.FC(F)(F)c1ccc(OC2CCC(c3nnc4n3-c3ccc(Cl)cc3CNC4)CC2)cc1. The van der Waals surface area contributed by atoms with Gasteiger partial charge in [-0.05, 0) is 73.7 Å². The molecule has 1 fully saturated rings. The summed E-state index contributed by atoms with van der Waals surface area (Å²) in [6, 6.07) is 10.8. The highest BCUT2D eigenvalue weighted by Crippen LogP contribution is 2.37. The molecule has 0 saturated heterocycles. The Morgan fingerprint density at radius 2 is 1.70 bits per heavy atom. The number of fused-ring (bicyclic) bond motifs is 3. The molecule has 176 valence electrons. The van der Waals surface area contributed by atoms with E-state index >= 15 is 0 Å². The highest BCUT2D eigenvalue weighted by atomic mass is 35.5. The minimum absolute atomic E-state index is 0. The van der Waals surface area contributed by atoms with Gasteiger partial charge in [-0.3, -0.25) is 4.57 Å². The van der Waals surface area contributed by atoms with Crippen molar-refractivity contribution in [3.63, 3.8) is 0 Å². The van der Waals surface area contributed by atoms with Gasteiger partial charge in [0.15, 0.2) is 5.82 Å². The topological polar surface area (TPSA) is 52.0 Å². The first-order chi connectivity index (χ1) is 15.4. The van der Waals surface area contributed by atoms with Gasteiger partial charge in [0.05, 0.1) is 23.9 Å². The normalized spacial score (nSPS) is 20.2. The molecule has 1 N–H and O–H groups in total. The van der Waals surface area contributed by atoms with E-state index in [0.29, 0.717) is 23.9 Å². The lowest BCUT2D eigenvalue weighted by Crippen LogP contribution is -2.25. The molecule has 10 heteroatoms. The summed E-state index contributed by atoms with van der Waals surface area (Å²) in [5.41, 5.74) is 1.49. The zero-order chi connectivity index (χ0) is 22.3. The zero-order valence-electron chi connectivity index (χ0n) is 17.6. The highest BCUT2D eigenvalue weighted by Gasteiger charge is 2.31. The predicted octanol–water partition coefficient (Wildman–Crippen LogP) is 6.07. The quantitative estimate of drug-likeness (QED) is 0.476. The average molecular weight is 499 g/mol. The number of nitrogens with zero attached hydrogens (tertiary/aromatic N) is 3. The molecule has 0 bridgehead atoms. The van der Waals surface area contributed by atoms with Crippen molar-refractivity contribution in [3.05, 3.63) is 70.3 Å². The molecule has 0 radical (unpaired) electrons. The lowest BCUT2D eigenvalue weighted by Gasteiger charge is -2.29. The third-order valence-corrected chi connectivity index (χ3v) is 6.39. The van der Waals surface area contributed by atoms with Crippen LogP contribution < -0.4 is 10.1 Å². The molecule has 3 aromatic rings. The van der Waals surface area contributed by atoms with Crippen LogP contribution in [-0.2, 0) is 19.3 Å². The van der Waals surface area contributed by atoms with Gasteiger partial charge in [-0.2, -0.15) is 13.2 Å². The van der Waals surface area contributed by atoms with Crippen molar-refractivity contribution in [2.75, 3.05) is 0 Å². The van der Waals surface area contributed by atoms with Gasteiger partial charge < -0.3 is 10.1 Å². The van der Waals surface area contributed by atoms with E-state index in [0.717, 1.165) is 60.7 Å². The van der Waals surface area contributed by atoms with Crippen molar-refractivity contribution in [1.29, 1.82) is 0 Å². The lowest BCUT2D eigenvalue weighted by molar-refractivity contribution is -0.137. The molecule has 33 heavy (non-hydrogen) atoms. The van der Waals surface area contributed by atoms with E-state index in [9.17, 15) is 13.2 Å². The number of aromatic nitrogens is 3. The number of benzene rings is 2. The van der Waals surface area contributed by atoms with Crippen LogP contribution in [0.5, 0.6) is 5.75 Å². The molecule has 5 rings (SSSR count). The summed E-state index contributed by atoms with van der Waals surface area (Å²) < 4.78 is 46.3. The number of ether oxygens (including phenoxy) is 1. The molecule has 5 nitrogen and oxygen atoms in total. The van der Waals surface area contributed by atoms with Crippen molar-refractivity contribution in [3.8, 4) is 11.4 Å². The van der Waals surface area contributed by atoms with Crippen LogP contribution in [0.1, 0.15) is 54.4 Å². The van der Waals surface area contributed by atoms with E-state index in [2.05, 4.69) is 20.1 Å². The Morgan fingerprint density at radius 1 is 0.970 bits per heavy atom. The van der Waals surface area contributed by atoms with Crippen LogP contribution in [0.2, 0.25) is 5.02 Å². The molecule has 1 aliphatic carbocycles. The van der Waals surface area contributed by atoms with Gasteiger partial charge >= 0.3 is 6.18 Å². The van der Waals surface area contributed by atoms with E-state index in [1.54, 1.807) is 0 Å². The van der Waals surface area contributed by atoms with Gasteiger partial charge in [0.1, 0.15) is 11.6 Å². The first kappa shape index (κ1) is 23.9. The number of hydrogen-bond donors (Lipinski definition) is 1. The maximum Gasteiger partial charge on any atom is 0.416 e. The molecule has 1 saturated carbocycles. The second-order valence-corrected chi connectivity index (χ2v) is 8.74. The number of alkyl halides is 3. The fourth-order valence-corrected chi connectivity index (χ4v) is 4.74. The average Bonchev–Trinajstić information content (AvgIpc) is 3.09. The van der Waals surface area contributed by atoms with Crippen LogP contribution in [0.15, 0.2) is 42.5 Å². The Balaban J connectivity index is 0.00000259. The van der Waals surface area contributed by atoms with Crippen molar-refractivity contribution < 1.29 is 17.9 Å². The second-order valence-electron chi connectivity index (χ2n) is 8.30. The molecule has 2 aliphatic rings. The van der Waals surface area contributed by atoms with Gasteiger partial charge in [0.2, 0.25) is 0 Å². The van der Waals surface area contributed by atoms with Crippen LogP contribution in [0.4, 0.5) is 13.2 Å². The number of nitrogens with one attached hydrogen (secondary N) is 1. The van der Waals surface area contributed by atoms with Crippen molar-refractivity contribution >= 4 is 24.0 Å². The van der Waals surface area contributed by atoms with Gasteiger partial charge in [-0.1, -0.05) is 11.6 Å². The highest BCUT2D eigenvalue weighted by molar-refractivity contribution is 6.30. The van der Waals surface area contributed by atoms with Gasteiger partial charge in [-0.15, -0.1) is 22.6 Å². The summed E-state index contributed by atoms with van der Waals surface area (Å²) in [7, 11) is 0. The Bertz CT molecular complexity index is 1110. The number of rotatable bonds is 3. The summed E-state index contributed by atoms with van der Waals surface area (Å²) >= 11 is 6.19. The Kier molecular flexibility index (Phi) is 6.88. The van der Waals surface area contributed by atoms with E-state index < -0.39 is 11.7 Å². The van der Waals surface area contributed by atoms with E-state index in [1.807, 2.05) is 18.2 Å². The maximum atomic E-state index is 12.7. The summed E-state index contributed by atoms with van der Waals surface area (Å²) in [6.45, 7) is 1.35. The molecule has 1 aromatic heterocycles. The Labute approximate surface area is 200 Å². The lowest BCUT2D eigenvalue weighted by atomic mass is 9.86. The molecule has 0 spiro atoms. The summed E-state index contributed by atoms with van der Waals surface area (Å²) in [5.74, 6) is 2.53. The van der Waals surface area contributed by atoms with Crippen molar-refractivity contribution in [1.82, 2.24) is 20.1 Å². The molecule has 1 aliphatic heterocycles. The molecule has 0 unspecified atom stereocenters. The van der Waals surface area contributed by atoms with E-state index in [4.69, 9.17) is 16.3 Å². The molecular formula is C23H23Cl2F3N4O. The van der Waals surface area contributed by atoms with Crippen LogP contribution >= 0.6 is 24.0 Å². The smallest absolute Gasteiger partial charge is 0.416 e. The fourth-order valence-electron chi connectivity index (χ4n) is 4.55. The summed E-state index contributed by atoms with van der Waals surface area (Å²) in [4.78, 5) is 0. The van der Waals surface area contributed by atoms with E-state index in [-0.39, 0.29) is 24.4 Å². The van der Waals surface area contributed by atoms with Crippen LogP contribution in [0.25, 0.3) is 5.69 Å². The zero-order valence-corrected chi connectivity index (χ0v) is 19.2. The molecule has 2 heterocycles. The summed E-state index contributed by atoms with van der Waals surface area (Å²) in [6.07, 6.45) is -1.01.